The highest BCUT2D eigenvalue weighted by molar-refractivity contribution is 7.89. The molecule has 0 atom stereocenters. The molecule has 2 aliphatic rings. The van der Waals surface area contributed by atoms with Crippen LogP contribution in [-0.4, -0.2) is 45.6 Å². The Morgan fingerprint density at radius 1 is 1.10 bits per heavy atom. The number of fused-ring (bicyclic) bond motifs is 1. The van der Waals surface area contributed by atoms with Crippen LogP contribution in [0.4, 0.5) is 5.69 Å². The summed E-state index contributed by atoms with van der Waals surface area (Å²) in [5, 5.41) is 2.83. The summed E-state index contributed by atoms with van der Waals surface area (Å²) in [4.78, 5) is 12.7. The molecule has 9 heteroatoms. The van der Waals surface area contributed by atoms with Crippen LogP contribution in [0.5, 0.6) is 17.2 Å². The molecule has 2 aromatic carbocycles. The van der Waals surface area contributed by atoms with E-state index in [0.717, 1.165) is 12.8 Å². The van der Waals surface area contributed by atoms with Gasteiger partial charge in [-0.25, -0.2) is 8.42 Å². The third-order valence-corrected chi connectivity index (χ3v) is 7.13. The molecule has 2 aliphatic heterocycles. The van der Waals surface area contributed by atoms with Crippen molar-refractivity contribution in [2.45, 2.75) is 30.6 Å². The first-order chi connectivity index (χ1) is 14.5. The number of hydrogen-bond acceptors (Lipinski definition) is 6. The Hall–Kier alpha value is -2.78. The Morgan fingerprint density at radius 3 is 2.63 bits per heavy atom. The lowest BCUT2D eigenvalue weighted by atomic mass is 10.1. The topological polar surface area (TPSA) is 94.2 Å². The van der Waals surface area contributed by atoms with Crippen LogP contribution in [0.25, 0.3) is 0 Å². The number of carbonyl (C=O) groups excluding carboxylic acids is 1. The highest BCUT2D eigenvalue weighted by Crippen LogP contribution is 2.34. The van der Waals surface area contributed by atoms with Gasteiger partial charge in [-0.3, -0.25) is 4.79 Å². The standard InChI is InChI=1S/C21H24N2O6S/c1-27-18-8-6-17(30(25,26)23-10-2-3-11-23)12-15(18)4-9-21(24)22-16-5-7-19-20(13-16)29-14-28-19/h5-8,12-13H,2-4,9-11,14H2,1H3,(H,22,24). The van der Waals surface area contributed by atoms with Crippen LogP contribution in [-0.2, 0) is 21.2 Å². The van der Waals surface area contributed by atoms with Crippen molar-refractivity contribution >= 4 is 21.6 Å². The number of amides is 1. The maximum absolute atomic E-state index is 12.8. The number of aryl methyl sites for hydroxylation is 1. The molecule has 0 bridgehead atoms. The Bertz CT molecular complexity index is 1050. The number of benzene rings is 2. The van der Waals surface area contributed by atoms with Gasteiger partial charge >= 0.3 is 0 Å². The van der Waals surface area contributed by atoms with Gasteiger partial charge in [0.05, 0.1) is 12.0 Å². The number of nitrogens with one attached hydrogen (secondary N) is 1. The van der Waals surface area contributed by atoms with Gasteiger partial charge in [0.1, 0.15) is 5.75 Å². The molecule has 0 aliphatic carbocycles. The number of hydrogen-bond donors (Lipinski definition) is 1. The minimum Gasteiger partial charge on any atom is -0.496 e. The molecule has 8 nitrogen and oxygen atoms in total. The van der Waals surface area contributed by atoms with Crippen molar-refractivity contribution in [1.82, 2.24) is 4.31 Å². The summed E-state index contributed by atoms with van der Waals surface area (Å²) >= 11 is 0. The molecule has 0 radical (unpaired) electrons. The number of ether oxygens (including phenoxy) is 3. The van der Waals surface area contributed by atoms with E-state index in [1.807, 2.05) is 0 Å². The van der Waals surface area contributed by atoms with Crippen molar-refractivity contribution in [2.75, 3.05) is 32.3 Å². The molecule has 160 valence electrons. The molecular formula is C21H24N2O6S. The van der Waals surface area contributed by atoms with Crippen molar-refractivity contribution in [1.29, 1.82) is 0 Å². The predicted octanol–water partition coefficient (Wildman–Crippen LogP) is 2.78. The van der Waals surface area contributed by atoms with E-state index in [4.69, 9.17) is 14.2 Å². The van der Waals surface area contributed by atoms with E-state index in [-0.39, 0.29) is 24.0 Å². The van der Waals surface area contributed by atoms with Crippen LogP contribution in [0, 0.1) is 0 Å². The van der Waals surface area contributed by atoms with Gasteiger partial charge in [0.15, 0.2) is 11.5 Å². The molecule has 0 unspecified atom stereocenters. The zero-order valence-electron chi connectivity index (χ0n) is 16.7. The maximum Gasteiger partial charge on any atom is 0.243 e. The normalized spacial score (nSPS) is 15.9. The van der Waals surface area contributed by atoms with Crippen molar-refractivity contribution < 1.29 is 27.4 Å². The average Bonchev–Trinajstić information content (AvgIpc) is 3.44. The average molecular weight is 432 g/mol. The first-order valence-corrected chi connectivity index (χ1v) is 11.3. The Balaban J connectivity index is 1.45. The largest absolute Gasteiger partial charge is 0.496 e. The lowest BCUT2D eigenvalue weighted by Crippen LogP contribution is -2.28. The summed E-state index contributed by atoms with van der Waals surface area (Å²) in [6, 6.07) is 10.0. The summed E-state index contributed by atoms with van der Waals surface area (Å²) < 4.78 is 43.1. The molecule has 0 aromatic heterocycles. The molecule has 1 amide bonds. The third kappa shape index (κ3) is 4.22. The van der Waals surface area contributed by atoms with Gasteiger partial charge in [-0.1, -0.05) is 0 Å². The number of nitrogens with zero attached hydrogens (tertiary/aromatic N) is 1. The minimum atomic E-state index is -3.53. The van der Waals surface area contributed by atoms with Crippen molar-refractivity contribution in [3.63, 3.8) is 0 Å². The quantitative estimate of drug-likeness (QED) is 0.723. The molecule has 1 N–H and O–H groups in total. The highest BCUT2D eigenvalue weighted by Gasteiger charge is 2.27. The summed E-state index contributed by atoms with van der Waals surface area (Å²) in [5.41, 5.74) is 1.29. The molecule has 2 heterocycles. The zero-order chi connectivity index (χ0) is 21.1. The smallest absolute Gasteiger partial charge is 0.243 e. The van der Waals surface area contributed by atoms with Crippen molar-refractivity contribution in [3.05, 3.63) is 42.0 Å². The van der Waals surface area contributed by atoms with E-state index in [2.05, 4.69) is 5.32 Å². The van der Waals surface area contributed by atoms with Gasteiger partial charge in [-0.15, -0.1) is 0 Å². The van der Waals surface area contributed by atoms with Gasteiger partial charge in [-0.05, 0) is 55.2 Å². The Labute approximate surface area is 175 Å². The van der Waals surface area contributed by atoms with E-state index in [9.17, 15) is 13.2 Å². The van der Waals surface area contributed by atoms with Crippen molar-refractivity contribution in [2.24, 2.45) is 0 Å². The van der Waals surface area contributed by atoms with Gasteiger partial charge < -0.3 is 19.5 Å². The Morgan fingerprint density at radius 2 is 1.87 bits per heavy atom. The van der Waals surface area contributed by atoms with E-state index in [1.54, 1.807) is 36.4 Å². The predicted molar refractivity (Wildman–Crippen MR) is 111 cm³/mol. The van der Waals surface area contributed by atoms with Crippen molar-refractivity contribution in [3.8, 4) is 17.2 Å². The summed E-state index contributed by atoms with van der Waals surface area (Å²) in [7, 11) is -2.00. The van der Waals surface area contributed by atoms with Crippen LogP contribution < -0.4 is 19.5 Å². The molecule has 2 aromatic rings. The Kier molecular flexibility index (Phi) is 5.83. The summed E-state index contributed by atoms with van der Waals surface area (Å²) in [6.07, 6.45) is 2.28. The fourth-order valence-electron chi connectivity index (χ4n) is 3.63. The molecule has 4 rings (SSSR count). The van der Waals surface area contributed by atoms with Gasteiger partial charge in [-0.2, -0.15) is 4.31 Å². The second-order valence-corrected chi connectivity index (χ2v) is 9.14. The van der Waals surface area contributed by atoms with Crippen LogP contribution in [0.1, 0.15) is 24.8 Å². The molecule has 1 fully saturated rings. The minimum absolute atomic E-state index is 0.170. The fourth-order valence-corrected chi connectivity index (χ4v) is 5.20. The van der Waals surface area contributed by atoms with E-state index < -0.39 is 10.0 Å². The molecular weight excluding hydrogens is 408 g/mol. The third-order valence-electron chi connectivity index (χ3n) is 5.23. The van der Waals surface area contributed by atoms with Crippen LogP contribution in [0.2, 0.25) is 0 Å². The van der Waals surface area contributed by atoms with E-state index >= 15 is 0 Å². The number of methoxy groups -OCH3 is 1. The van der Waals surface area contributed by atoms with Crippen LogP contribution >= 0.6 is 0 Å². The number of carbonyl (C=O) groups is 1. The lowest BCUT2D eigenvalue weighted by Gasteiger charge is -2.17. The van der Waals surface area contributed by atoms with E-state index in [0.29, 0.717) is 48.0 Å². The second-order valence-electron chi connectivity index (χ2n) is 7.20. The monoisotopic (exact) mass is 432 g/mol. The fraction of sp³-hybridized carbons (Fsp3) is 0.381. The highest BCUT2D eigenvalue weighted by atomic mass is 32.2. The number of rotatable bonds is 7. The SMILES string of the molecule is COc1ccc(S(=O)(=O)N2CCCC2)cc1CCC(=O)Nc1ccc2c(c1)OCO2. The van der Waals surface area contributed by atoms with Gasteiger partial charge in [0.2, 0.25) is 22.7 Å². The summed E-state index contributed by atoms with van der Waals surface area (Å²) in [6.45, 7) is 1.26. The zero-order valence-corrected chi connectivity index (χ0v) is 17.5. The second kappa shape index (κ2) is 8.53. The molecule has 30 heavy (non-hydrogen) atoms. The molecule has 0 spiro atoms. The van der Waals surface area contributed by atoms with Crippen LogP contribution in [0.3, 0.4) is 0 Å². The molecule has 0 saturated carbocycles. The summed E-state index contributed by atoms with van der Waals surface area (Å²) in [5.74, 6) is 1.61. The molecule has 1 saturated heterocycles. The first kappa shape index (κ1) is 20.5. The van der Waals surface area contributed by atoms with Crippen LogP contribution in [0.15, 0.2) is 41.3 Å². The number of anilines is 1. The van der Waals surface area contributed by atoms with Gasteiger partial charge in [0, 0.05) is 31.3 Å². The van der Waals surface area contributed by atoms with E-state index in [1.165, 1.54) is 11.4 Å². The lowest BCUT2D eigenvalue weighted by molar-refractivity contribution is -0.116. The maximum atomic E-state index is 12.8. The van der Waals surface area contributed by atoms with Gasteiger partial charge in [0.25, 0.3) is 0 Å². The number of sulfonamides is 1. The first-order valence-electron chi connectivity index (χ1n) is 9.84.